The number of hydrogen-bond donors (Lipinski definition) is 1. The van der Waals surface area contributed by atoms with Crippen LogP contribution in [0.15, 0.2) is 41.3 Å². The molecule has 0 aliphatic heterocycles. The van der Waals surface area contributed by atoms with Gasteiger partial charge in [-0.1, -0.05) is 23.7 Å². The van der Waals surface area contributed by atoms with Crippen molar-refractivity contribution in [3.63, 3.8) is 0 Å². The Kier molecular flexibility index (Phi) is 4.54. The molecule has 2 rings (SSSR count). The Morgan fingerprint density at radius 2 is 2.05 bits per heavy atom. The van der Waals surface area contributed by atoms with E-state index in [9.17, 15) is 18.7 Å². The third-order valence-corrected chi connectivity index (χ3v) is 4.41. The first-order valence-electron chi connectivity index (χ1n) is 5.75. The molecule has 2 N–H and O–H groups in total. The number of nitrogens with two attached hydrogens (primary N) is 1. The zero-order chi connectivity index (χ0) is 15.6. The van der Waals surface area contributed by atoms with E-state index in [2.05, 4.69) is 0 Å². The van der Waals surface area contributed by atoms with Crippen molar-refractivity contribution in [2.45, 2.75) is 10.6 Å². The van der Waals surface area contributed by atoms with E-state index < -0.39 is 27.2 Å². The van der Waals surface area contributed by atoms with Gasteiger partial charge in [-0.25, -0.2) is 0 Å². The highest BCUT2D eigenvalue weighted by atomic mass is 35.5. The second kappa shape index (κ2) is 6.19. The molecule has 1 unspecified atom stereocenters. The highest BCUT2D eigenvalue weighted by Gasteiger charge is 2.19. The number of nitrogens with zero attached hydrogens (tertiary/aromatic N) is 1. The summed E-state index contributed by atoms with van der Waals surface area (Å²) in [5, 5.41) is 11.0. The molecule has 0 fully saturated rings. The summed E-state index contributed by atoms with van der Waals surface area (Å²) in [6.07, 6.45) is 0. The molecule has 0 aliphatic rings. The lowest BCUT2D eigenvalue weighted by molar-refractivity contribution is -0.387. The lowest BCUT2D eigenvalue weighted by Crippen LogP contribution is -2.04. The summed E-state index contributed by atoms with van der Waals surface area (Å²) in [5.41, 5.74) is 5.31. The third kappa shape index (κ3) is 3.37. The molecule has 0 saturated heterocycles. The molecule has 0 bridgehead atoms. The van der Waals surface area contributed by atoms with Crippen LogP contribution in [0.4, 0.5) is 15.8 Å². The highest BCUT2D eigenvalue weighted by Crippen LogP contribution is 2.26. The van der Waals surface area contributed by atoms with Crippen LogP contribution in [0.5, 0.6) is 0 Å². The van der Waals surface area contributed by atoms with Gasteiger partial charge in [0.15, 0.2) is 0 Å². The summed E-state index contributed by atoms with van der Waals surface area (Å²) >= 11 is 5.81. The van der Waals surface area contributed by atoms with Crippen molar-refractivity contribution < 1.29 is 13.5 Å². The molecule has 0 aromatic heterocycles. The fourth-order valence-electron chi connectivity index (χ4n) is 1.74. The molecule has 110 valence electrons. The lowest BCUT2D eigenvalue weighted by atomic mass is 10.2. The maximum absolute atomic E-state index is 13.9. The molecular weight excluding hydrogens is 319 g/mol. The van der Waals surface area contributed by atoms with Crippen LogP contribution in [0.2, 0.25) is 5.02 Å². The Balaban J connectivity index is 2.34. The van der Waals surface area contributed by atoms with Crippen LogP contribution in [0.3, 0.4) is 0 Å². The van der Waals surface area contributed by atoms with E-state index in [-0.39, 0.29) is 21.9 Å². The van der Waals surface area contributed by atoms with E-state index >= 15 is 0 Å². The maximum atomic E-state index is 13.9. The molecule has 21 heavy (non-hydrogen) atoms. The van der Waals surface area contributed by atoms with Crippen LogP contribution in [-0.4, -0.2) is 9.13 Å². The van der Waals surface area contributed by atoms with E-state index in [1.165, 1.54) is 24.3 Å². The predicted molar refractivity (Wildman–Crippen MR) is 79.0 cm³/mol. The zero-order valence-corrected chi connectivity index (χ0v) is 12.2. The van der Waals surface area contributed by atoms with Crippen LogP contribution in [0, 0.1) is 15.9 Å². The topological polar surface area (TPSA) is 86.2 Å². The average molecular weight is 329 g/mol. The summed E-state index contributed by atoms with van der Waals surface area (Å²) in [6, 6.07) is 8.22. The van der Waals surface area contributed by atoms with Gasteiger partial charge in [0.1, 0.15) is 0 Å². The minimum Gasteiger partial charge on any atom is -0.398 e. The first-order valence-corrected chi connectivity index (χ1v) is 7.45. The van der Waals surface area contributed by atoms with E-state index in [0.717, 1.165) is 6.07 Å². The van der Waals surface area contributed by atoms with Crippen molar-refractivity contribution in [3.05, 3.63) is 62.9 Å². The molecule has 0 spiro atoms. The van der Waals surface area contributed by atoms with Crippen molar-refractivity contribution in [1.29, 1.82) is 0 Å². The molecule has 2 aromatic carbocycles. The molecule has 0 heterocycles. The molecule has 0 radical (unpaired) electrons. The van der Waals surface area contributed by atoms with Gasteiger partial charge in [0.05, 0.1) is 26.4 Å². The van der Waals surface area contributed by atoms with E-state index in [4.69, 9.17) is 17.3 Å². The highest BCUT2D eigenvalue weighted by molar-refractivity contribution is 7.84. The van der Waals surface area contributed by atoms with Gasteiger partial charge >= 0.3 is 5.69 Å². The average Bonchev–Trinajstić information content (AvgIpc) is 2.43. The Bertz CT molecular complexity index is 739. The number of hydrogen-bond acceptors (Lipinski definition) is 4. The molecule has 0 amide bonds. The largest absolute Gasteiger partial charge is 0.398 e. The monoisotopic (exact) mass is 328 g/mol. The fourth-order valence-corrected chi connectivity index (χ4v) is 3.23. The van der Waals surface area contributed by atoms with Gasteiger partial charge in [0.2, 0.25) is 5.82 Å². The van der Waals surface area contributed by atoms with E-state index in [1.54, 1.807) is 6.07 Å². The number of rotatable bonds is 4. The number of halogens is 2. The molecule has 1 atom stereocenters. The van der Waals surface area contributed by atoms with Crippen molar-refractivity contribution in [2.75, 3.05) is 5.73 Å². The van der Waals surface area contributed by atoms with Gasteiger partial charge in [-0.3, -0.25) is 14.3 Å². The lowest BCUT2D eigenvalue weighted by Gasteiger charge is -2.07. The number of nitro benzene ring substituents is 1. The summed E-state index contributed by atoms with van der Waals surface area (Å²) in [4.78, 5) is 10.1. The van der Waals surface area contributed by atoms with Crippen molar-refractivity contribution >= 4 is 33.8 Å². The molecule has 2 aromatic rings. The van der Waals surface area contributed by atoms with Gasteiger partial charge in [-0.15, -0.1) is 0 Å². The van der Waals surface area contributed by atoms with Crippen LogP contribution in [0.1, 0.15) is 5.56 Å². The SMILES string of the molecule is Nc1ccc(Cl)cc1S(=O)Cc1cccc([N+](=O)[O-])c1F. The van der Waals surface area contributed by atoms with Gasteiger partial charge in [-0.05, 0) is 18.2 Å². The van der Waals surface area contributed by atoms with Crippen molar-refractivity contribution in [2.24, 2.45) is 0 Å². The summed E-state index contributed by atoms with van der Waals surface area (Å²) in [6.45, 7) is 0. The third-order valence-electron chi connectivity index (χ3n) is 2.76. The molecular formula is C13H10ClFN2O3S. The summed E-state index contributed by atoms with van der Waals surface area (Å²) < 4.78 is 26.2. The summed E-state index contributed by atoms with van der Waals surface area (Å²) in [5.74, 6) is -1.21. The normalized spacial score (nSPS) is 12.1. The minimum absolute atomic E-state index is 0.0121. The number of anilines is 1. The molecule has 8 heteroatoms. The smallest absolute Gasteiger partial charge is 0.305 e. The fraction of sp³-hybridized carbons (Fsp3) is 0.0769. The maximum Gasteiger partial charge on any atom is 0.305 e. The van der Waals surface area contributed by atoms with Crippen LogP contribution < -0.4 is 5.73 Å². The molecule has 0 saturated carbocycles. The van der Waals surface area contributed by atoms with Crippen LogP contribution in [-0.2, 0) is 16.6 Å². The van der Waals surface area contributed by atoms with Gasteiger partial charge in [0.25, 0.3) is 0 Å². The zero-order valence-electron chi connectivity index (χ0n) is 10.6. The predicted octanol–water partition coefficient (Wildman–Crippen LogP) is 3.28. The van der Waals surface area contributed by atoms with Crippen LogP contribution in [0.25, 0.3) is 0 Å². The quantitative estimate of drug-likeness (QED) is 0.530. The Morgan fingerprint density at radius 1 is 1.33 bits per heavy atom. The molecule has 5 nitrogen and oxygen atoms in total. The number of benzene rings is 2. The minimum atomic E-state index is -1.66. The van der Waals surface area contributed by atoms with Gasteiger partial charge in [-0.2, -0.15) is 4.39 Å². The Labute approximate surface area is 127 Å². The Morgan fingerprint density at radius 3 is 2.71 bits per heavy atom. The van der Waals surface area contributed by atoms with Crippen LogP contribution >= 0.6 is 11.6 Å². The van der Waals surface area contributed by atoms with E-state index in [1.807, 2.05) is 0 Å². The summed E-state index contributed by atoms with van der Waals surface area (Å²) in [7, 11) is -1.66. The first kappa shape index (κ1) is 15.4. The van der Waals surface area contributed by atoms with Gasteiger partial charge in [0, 0.05) is 22.3 Å². The van der Waals surface area contributed by atoms with Gasteiger partial charge < -0.3 is 5.73 Å². The molecule has 0 aliphatic carbocycles. The second-order valence-electron chi connectivity index (χ2n) is 4.18. The van der Waals surface area contributed by atoms with Crippen molar-refractivity contribution in [3.8, 4) is 0 Å². The number of nitro groups is 1. The van der Waals surface area contributed by atoms with E-state index in [0.29, 0.717) is 5.02 Å². The number of nitrogen functional groups attached to an aromatic ring is 1. The Hall–Kier alpha value is -1.99. The first-order chi connectivity index (χ1) is 9.90. The van der Waals surface area contributed by atoms with Crippen molar-refractivity contribution in [1.82, 2.24) is 0 Å². The standard InChI is InChI=1S/C13H10ClFN2O3S/c14-9-4-5-10(16)12(6-9)21(20)7-8-2-1-3-11(13(8)15)17(18)19/h1-6H,7,16H2. The second-order valence-corrected chi connectivity index (χ2v) is 6.04.